The smallest absolute Gasteiger partial charge is 0.340 e. The minimum Gasteiger partial charge on any atom is -0.452 e. The van der Waals surface area contributed by atoms with E-state index >= 15 is 0 Å². The third-order valence-electron chi connectivity index (χ3n) is 3.87. The first-order chi connectivity index (χ1) is 14.3. The molecule has 0 bridgehead atoms. The standard InChI is InChI=1S/C19H16FN3O6S/c1-12-10-13(6-7-15(12)20)30(26,27)23-16-5-3-2-4-14(16)19(25)28-11-18(24)21-17-8-9-29-22-17/h2-10,23H,11H2,1H3,(H,21,22,24). The summed E-state index contributed by atoms with van der Waals surface area (Å²) < 4.78 is 50.5. The summed E-state index contributed by atoms with van der Waals surface area (Å²) in [5.74, 6) is -1.96. The molecule has 0 spiro atoms. The maximum absolute atomic E-state index is 13.4. The molecule has 0 aliphatic heterocycles. The van der Waals surface area contributed by atoms with E-state index in [1.165, 1.54) is 49.6 Å². The third kappa shape index (κ3) is 5.00. The van der Waals surface area contributed by atoms with E-state index in [9.17, 15) is 22.4 Å². The monoisotopic (exact) mass is 433 g/mol. The van der Waals surface area contributed by atoms with E-state index in [0.717, 1.165) is 12.1 Å². The molecule has 2 N–H and O–H groups in total. The van der Waals surface area contributed by atoms with Crippen molar-refractivity contribution in [3.8, 4) is 0 Å². The van der Waals surface area contributed by atoms with Gasteiger partial charge in [-0.05, 0) is 42.8 Å². The quantitative estimate of drug-likeness (QED) is 0.548. The van der Waals surface area contributed by atoms with Crippen LogP contribution in [0.4, 0.5) is 15.9 Å². The van der Waals surface area contributed by atoms with Gasteiger partial charge in [0.2, 0.25) is 0 Å². The zero-order valence-electron chi connectivity index (χ0n) is 15.6. The molecule has 0 radical (unpaired) electrons. The molecule has 0 saturated carbocycles. The second kappa shape index (κ2) is 8.74. The predicted molar refractivity (Wildman–Crippen MR) is 104 cm³/mol. The molecule has 11 heteroatoms. The molecule has 0 saturated heterocycles. The van der Waals surface area contributed by atoms with Gasteiger partial charge in [-0.3, -0.25) is 9.52 Å². The van der Waals surface area contributed by atoms with E-state index in [1.807, 2.05) is 0 Å². The number of sulfonamides is 1. The van der Waals surface area contributed by atoms with Crippen LogP contribution in [0.25, 0.3) is 0 Å². The first-order valence-electron chi connectivity index (χ1n) is 8.51. The van der Waals surface area contributed by atoms with Gasteiger partial charge in [0, 0.05) is 6.07 Å². The fourth-order valence-corrected chi connectivity index (χ4v) is 3.57. The van der Waals surface area contributed by atoms with Crippen molar-refractivity contribution in [1.29, 1.82) is 0 Å². The molecule has 1 amide bonds. The molecule has 3 rings (SSSR count). The Hall–Kier alpha value is -3.73. The Labute approximate surface area is 170 Å². The normalized spacial score (nSPS) is 11.0. The van der Waals surface area contributed by atoms with Gasteiger partial charge in [-0.1, -0.05) is 17.3 Å². The summed E-state index contributed by atoms with van der Waals surface area (Å²) >= 11 is 0. The second-order valence-electron chi connectivity index (χ2n) is 6.07. The summed E-state index contributed by atoms with van der Waals surface area (Å²) in [6.07, 6.45) is 1.26. The van der Waals surface area contributed by atoms with E-state index in [2.05, 4.69) is 19.7 Å². The molecule has 3 aromatic rings. The number of aryl methyl sites for hydroxylation is 1. The highest BCUT2D eigenvalue weighted by Crippen LogP contribution is 2.22. The average Bonchev–Trinajstić information content (AvgIpc) is 3.21. The van der Waals surface area contributed by atoms with Crippen LogP contribution in [0.15, 0.2) is 64.2 Å². The van der Waals surface area contributed by atoms with Crippen LogP contribution in [0.5, 0.6) is 0 Å². The van der Waals surface area contributed by atoms with Crippen LogP contribution in [0.1, 0.15) is 15.9 Å². The van der Waals surface area contributed by atoms with E-state index in [4.69, 9.17) is 4.74 Å². The van der Waals surface area contributed by atoms with Crippen LogP contribution in [0, 0.1) is 12.7 Å². The molecular formula is C19H16FN3O6S. The highest BCUT2D eigenvalue weighted by molar-refractivity contribution is 7.92. The molecule has 0 unspecified atom stereocenters. The maximum Gasteiger partial charge on any atom is 0.340 e. The van der Waals surface area contributed by atoms with Crippen LogP contribution >= 0.6 is 0 Å². The Morgan fingerprint density at radius 2 is 1.93 bits per heavy atom. The van der Waals surface area contributed by atoms with Crippen molar-refractivity contribution in [2.45, 2.75) is 11.8 Å². The Morgan fingerprint density at radius 1 is 1.17 bits per heavy atom. The van der Waals surface area contributed by atoms with Gasteiger partial charge in [0.15, 0.2) is 12.4 Å². The number of halogens is 1. The van der Waals surface area contributed by atoms with Gasteiger partial charge >= 0.3 is 5.97 Å². The molecule has 0 atom stereocenters. The van der Waals surface area contributed by atoms with Crippen molar-refractivity contribution in [2.75, 3.05) is 16.6 Å². The zero-order valence-corrected chi connectivity index (χ0v) is 16.4. The number of nitrogens with zero attached hydrogens (tertiary/aromatic N) is 1. The predicted octanol–water partition coefficient (Wildman–Crippen LogP) is 2.72. The topological polar surface area (TPSA) is 128 Å². The summed E-state index contributed by atoms with van der Waals surface area (Å²) in [5.41, 5.74) is -0.000716. The summed E-state index contributed by atoms with van der Waals surface area (Å²) in [5, 5.41) is 5.84. The number of amides is 1. The van der Waals surface area contributed by atoms with Crippen molar-refractivity contribution in [1.82, 2.24) is 5.16 Å². The number of rotatable bonds is 7. The molecule has 9 nitrogen and oxygen atoms in total. The molecule has 0 fully saturated rings. The van der Waals surface area contributed by atoms with Gasteiger partial charge in [-0.15, -0.1) is 0 Å². The zero-order chi connectivity index (χ0) is 21.7. The number of carbonyl (C=O) groups excluding carboxylic acids is 2. The number of carbonyl (C=O) groups is 2. The lowest BCUT2D eigenvalue weighted by Gasteiger charge is -2.13. The fraction of sp³-hybridized carbons (Fsp3) is 0.105. The molecule has 2 aromatic carbocycles. The molecule has 30 heavy (non-hydrogen) atoms. The van der Waals surface area contributed by atoms with Crippen LogP contribution in [-0.2, 0) is 19.6 Å². The van der Waals surface area contributed by atoms with Crippen molar-refractivity contribution in [3.63, 3.8) is 0 Å². The molecule has 0 aliphatic carbocycles. The van der Waals surface area contributed by atoms with E-state index < -0.39 is 34.3 Å². The highest BCUT2D eigenvalue weighted by Gasteiger charge is 2.20. The number of ether oxygens (including phenoxy) is 1. The van der Waals surface area contributed by atoms with Gasteiger partial charge in [0.1, 0.15) is 12.1 Å². The maximum atomic E-state index is 13.4. The Bertz CT molecular complexity index is 1180. The first-order valence-corrected chi connectivity index (χ1v) is 10.00. The number of nitrogens with one attached hydrogen (secondary N) is 2. The number of esters is 1. The molecule has 1 heterocycles. The summed E-state index contributed by atoms with van der Waals surface area (Å²) in [6, 6.07) is 10.4. The lowest BCUT2D eigenvalue weighted by atomic mass is 10.2. The fourth-order valence-electron chi connectivity index (χ4n) is 2.40. The van der Waals surface area contributed by atoms with Gasteiger partial charge in [-0.2, -0.15) is 0 Å². The Morgan fingerprint density at radius 3 is 2.63 bits per heavy atom. The Balaban J connectivity index is 1.72. The van der Waals surface area contributed by atoms with E-state index in [0.29, 0.717) is 0 Å². The largest absolute Gasteiger partial charge is 0.452 e. The number of para-hydroxylation sites is 1. The van der Waals surface area contributed by atoms with Crippen LogP contribution in [0.2, 0.25) is 0 Å². The summed E-state index contributed by atoms with van der Waals surface area (Å²) in [4.78, 5) is 24.0. The van der Waals surface area contributed by atoms with Gasteiger partial charge in [-0.25, -0.2) is 17.6 Å². The summed E-state index contributed by atoms with van der Waals surface area (Å²) in [7, 11) is -4.10. The third-order valence-corrected chi connectivity index (χ3v) is 5.23. The first kappa shape index (κ1) is 21.0. The van der Waals surface area contributed by atoms with Gasteiger partial charge in [0.05, 0.1) is 16.1 Å². The van der Waals surface area contributed by atoms with Crippen molar-refractivity contribution in [3.05, 3.63) is 71.7 Å². The number of hydrogen-bond donors (Lipinski definition) is 2. The van der Waals surface area contributed by atoms with Crippen LogP contribution in [0.3, 0.4) is 0 Å². The lowest BCUT2D eigenvalue weighted by molar-refractivity contribution is -0.119. The van der Waals surface area contributed by atoms with Gasteiger partial charge < -0.3 is 14.6 Å². The molecule has 156 valence electrons. The number of aromatic nitrogens is 1. The minimum atomic E-state index is -4.10. The number of benzene rings is 2. The molecular weight excluding hydrogens is 417 g/mol. The number of anilines is 2. The van der Waals surface area contributed by atoms with Crippen LogP contribution < -0.4 is 10.0 Å². The van der Waals surface area contributed by atoms with Crippen molar-refractivity contribution in [2.24, 2.45) is 0 Å². The highest BCUT2D eigenvalue weighted by atomic mass is 32.2. The van der Waals surface area contributed by atoms with Crippen molar-refractivity contribution >= 4 is 33.4 Å². The SMILES string of the molecule is Cc1cc(S(=O)(=O)Nc2ccccc2C(=O)OCC(=O)Nc2ccon2)ccc1F. The lowest BCUT2D eigenvalue weighted by Crippen LogP contribution is -2.22. The summed E-state index contributed by atoms with van der Waals surface area (Å²) in [6.45, 7) is 0.813. The van der Waals surface area contributed by atoms with Crippen LogP contribution in [-0.4, -0.2) is 32.1 Å². The average molecular weight is 433 g/mol. The Kier molecular flexibility index (Phi) is 6.11. The second-order valence-corrected chi connectivity index (χ2v) is 7.75. The van der Waals surface area contributed by atoms with Gasteiger partial charge in [0.25, 0.3) is 15.9 Å². The van der Waals surface area contributed by atoms with E-state index in [1.54, 1.807) is 0 Å². The van der Waals surface area contributed by atoms with Crippen molar-refractivity contribution < 1.29 is 31.7 Å². The molecule has 1 aromatic heterocycles. The molecule has 0 aliphatic rings. The number of hydrogen-bond acceptors (Lipinski definition) is 7. The van der Waals surface area contributed by atoms with E-state index in [-0.39, 0.29) is 27.5 Å². The minimum absolute atomic E-state index is 0.0543.